The summed E-state index contributed by atoms with van der Waals surface area (Å²) < 4.78 is 5.05. The second-order valence-electron chi connectivity index (χ2n) is 1.94. The van der Waals surface area contributed by atoms with E-state index in [1.54, 1.807) is 0 Å². The molecular formula is C6H11NO. The third-order valence-corrected chi connectivity index (χ3v) is 1.24. The molecule has 0 aromatic rings. The Labute approximate surface area is 49.5 Å². The molecule has 1 aliphatic rings. The molecule has 0 amide bonds. The minimum absolute atomic E-state index is 0.521. The van der Waals surface area contributed by atoms with Crippen LogP contribution in [0.5, 0.6) is 0 Å². The molecule has 2 heteroatoms. The van der Waals surface area contributed by atoms with Crippen LogP contribution < -0.4 is 5.32 Å². The van der Waals surface area contributed by atoms with E-state index >= 15 is 0 Å². The summed E-state index contributed by atoms with van der Waals surface area (Å²) in [5.74, 6) is 0. The Balaban J connectivity index is 2.14. The maximum absolute atomic E-state index is 5.05. The van der Waals surface area contributed by atoms with Crippen LogP contribution in [0.25, 0.3) is 0 Å². The van der Waals surface area contributed by atoms with Gasteiger partial charge in [-0.05, 0) is 6.42 Å². The minimum atomic E-state index is 0.521. The van der Waals surface area contributed by atoms with E-state index in [9.17, 15) is 0 Å². The van der Waals surface area contributed by atoms with Crippen molar-refractivity contribution in [3.05, 3.63) is 12.7 Å². The predicted octanol–water partition coefficient (Wildman–Crippen LogP) is 0.508. The molecule has 1 aliphatic heterocycles. The van der Waals surface area contributed by atoms with Gasteiger partial charge in [-0.15, -0.1) is 6.58 Å². The summed E-state index contributed by atoms with van der Waals surface area (Å²) >= 11 is 0. The lowest BCUT2D eigenvalue weighted by Crippen LogP contribution is -2.22. The molecule has 0 aromatic heterocycles. The fourth-order valence-electron chi connectivity index (χ4n) is 0.789. The number of hydrogen-bond donors (Lipinski definition) is 1. The molecule has 0 aliphatic carbocycles. The third-order valence-electron chi connectivity index (χ3n) is 1.24. The topological polar surface area (TPSA) is 21.3 Å². The molecule has 0 aromatic carbocycles. The van der Waals surface area contributed by atoms with Gasteiger partial charge in [0.25, 0.3) is 0 Å². The summed E-state index contributed by atoms with van der Waals surface area (Å²) in [5.41, 5.74) is 0. The van der Waals surface area contributed by atoms with Gasteiger partial charge < -0.3 is 4.74 Å². The normalized spacial score (nSPS) is 28.2. The fraction of sp³-hybridized carbons (Fsp3) is 0.667. The van der Waals surface area contributed by atoms with Gasteiger partial charge in [-0.2, -0.15) is 0 Å². The molecule has 1 unspecified atom stereocenters. The molecule has 2 nitrogen and oxygen atoms in total. The van der Waals surface area contributed by atoms with Crippen LogP contribution in [0.15, 0.2) is 12.7 Å². The van der Waals surface area contributed by atoms with Crippen LogP contribution >= 0.6 is 0 Å². The number of nitrogens with one attached hydrogen (secondary N) is 1. The number of rotatable bonds is 2. The second-order valence-corrected chi connectivity index (χ2v) is 1.94. The first-order valence-corrected chi connectivity index (χ1v) is 2.85. The molecule has 46 valence electrons. The van der Waals surface area contributed by atoms with Crippen molar-refractivity contribution in [1.29, 1.82) is 0 Å². The first kappa shape index (κ1) is 5.79. The van der Waals surface area contributed by atoms with E-state index in [0.29, 0.717) is 12.8 Å². The highest BCUT2D eigenvalue weighted by Crippen LogP contribution is 1.98. The maximum Gasteiger partial charge on any atom is 0.0969 e. The van der Waals surface area contributed by atoms with E-state index in [-0.39, 0.29) is 0 Å². The van der Waals surface area contributed by atoms with Gasteiger partial charge in [0.1, 0.15) is 0 Å². The monoisotopic (exact) mass is 113 g/mol. The van der Waals surface area contributed by atoms with E-state index in [4.69, 9.17) is 4.74 Å². The molecule has 0 bridgehead atoms. The molecule has 1 fully saturated rings. The van der Waals surface area contributed by atoms with Gasteiger partial charge in [-0.1, -0.05) is 6.08 Å². The van der Waals surface area contributed by atoms with E-state index in [2.05, 4.69) is 11.9 Å². The van der Waals surface area contributed by atoms with Crippen LogP contribution in [0.2, 0.25) is 0 Å². The Morgan fingerprint density at radius 2 is 2.75 bits per heavy atom. The molecule has 1 N–H and O–H groups in total. The molecule has 1 rings (SSSR count). The van der Waals surface area contributed by atoms with E-state index < -0.39 is 0 Å². The summed E-state index contributed by atoms with van der Waals surface area (Å²) in [6.07, 6.45) is 2.92. The number of ether oxygens (including phenoxy) is 1. The molecule has 8 heavy (non-hydrogen) atoms. The second kappa shape index (κ2) is 2.84. The van der Waals surface area contributed by atoms with Crippen molar-refractivity contribution >= 4 is 0 Å². The smallest absolute Gasteiger partial charge is 0.0969 e. The molecule has 1 saturated heterocycles. The van der Waals surface area contributed by atoms with Crippen molar-refractivity contribution in [3.8, 4) is 0 Å². The average molecular weight is 113 g/mol. The molecule has 1 heterocycles. The van der Waals surface area contributed by atoms with Gasteiger partial charge in [-0.25, -0.2) is 0 Å². The summed E-state index contributed by atoms with van der Waals surface area (Å²) in [7, 11) is 0. The third kappa shape index (κ3) is 1.32. The first-order valence-electron chi connectivity index (χ1n) is 2.85. The molecule has 0 saturated carbocycles. The van der Waals surface area contributed by atoms with E-state index in [1.165, 1.54) is 0 Å². The van der Waals surface area contributed by atoms with Crippen LogP contribution in [0, 0.1) is 0 Å². The van der Waals surface area contributed by atoms with Gasteiger partial charge in [0.2, 0.25) is 0 Å². The summed E-state index contributed by atoms with van der Waals surface area (Å²) in [6, 6.07) is 0.521. The summed E-state index contributed by atoms with van der Waals surface area (Å²) in [5, 5.41) is 3.16. The Morgan fingerprint density at radius 3 is 3.25 bits per heavy atom. The highest BCUT2D eigenvalue weighted by Gasteiger charge is 2.10. The maximum atomic E-state index is 5.05. The van der Waals surface area contributed by atoms with Crippen molar-refractivity contribution in [2.24, 2.45) is 0 Å². The van der Waals surface area contributed by atoms with Gasteiger partial charge >= 0.3 is 0 Å². The number of hydrogen-bond acceptors (Lipinski definition) is 2. The quantitative estimate of drug-likeness (QED) is 0.527. The van der Waals surface area contributed by atoms with Crippen molar-refractivity contribution in [3.63, 3.8) is 0 Å². The Hall–Kier alpha value is -0.340. The van der Waals surface area contributed by atoms with Gasteiger partial charge in [0.15, 0.2) is 0 Å². The van der Waals surface area contributed by atoms with Crippen LogP contribution in [-0.2, 0) is 4.74 Å². The molecule has 1 atom stereocenters. The zero-order valence-corrected chi connectivity index (χ0v) is 4.89. The van der Waals surface area contributed by atoms with Gasteiger partial charge in [-0.3, -0.25) is 5.32 Å². The summed E-state index contributed by atoms with van der Waals surface area (Å²) in [6.45, 7) is 5.17. The fourth-order valence-corrected chi connectivity index (χ4v) is 0.789. The molecular weight excluding hydrogens is 102 g/mol. The van der Waals surface area contributed by atoms with E-state index in [0.717, 1.165) is 13.0 Å². The zero-order valence-electron chi connectivity index (χ0n) is 4.89. The Kier molecular flexibility index (Phi) is 2.06. The summed E-state index contributed by atoms with van der Waals surface area (Å²) in [4.78, 5) is 0. The largest absolute Gasteiger partial charge is 0.365 e. The van der Waals surface area contributed by atoms with Crippen LogP contribution in [0.1, 0.15) is 6.42 Å². The van der Waals surface area contributed by atoms with Crippen molar-refractivity contribution in [1.82, 2.24) is 5.32 Å². The highest BCUT2D eigenvalue weighted by molar-refractivity contribution is 4.79. The van der Waals surface area contributed by atoms with Gasteiger partial charge in [0.05, 0.1) is 13.3 Å². The van der Waals surface area contributed by atoms with Crippen molar-refractivity contribution < 1.29 is 4.74 Å². The Bertz CT molecular complexity index is 76.6. The predicted molar refractivity (Wildman–Crippen MR) is 32.6 cm³/mol. The lowest BCUT2D eigenvalue weighted by Gasteiger charge is -2.00. The van der Waals surface area contributed by atoms with Crippen LogP contribution in [-0.4, -0.2) is 19.4 Å². The van der Waals surface area contributed by atoms with Gasteiger partial charge in [0, 0.05) is 6.04 Å². The van der Waals surface area contributed by atoms with E-state index in [1.807, 2.05) is 6.08 Å². The zero-order chi connectivity index (χ0) is 5.82. The van der Waals surface area contributed by atoms with Crippen LogP contribution in [0.4, 0.5) is 0 Å². The first-order chi connectivity index (χ1) is 3.93. The Morgan fingerprint density at radius 1 is 1.88 bits per heavy atom. The van der Waals surface area contributed by atoms with Crippen molar-refractivity contribution in [2.45, 2.75) is 12.5 Å². The van der Waals surface area contributed by atoms with Crippen molar-refractivity contribution in [2.75, 3.05) is 13.3 Å². The highest BCUT2D eigenvalue weighted by atomic mass is 16.5. The average Bonchev–Trinajstić information content (AvgIpc) is 2.19. The van der Waals surface area contributed by atoms with Crippen LogP contribution in [0.3, 0.4) is 0 Å². The minimum Gasteiger partial charge on any atom is -0.365 e. The lowest BCUT2D eigenvalue weighted by atomic mass is 10.2. The molecule has 0 spiro atoms. The molecule has 0 radical (unpaired) electrons. The lowest BCUT2D eigenvalue weighted by molar-refractivity contribution is 0.189. The SMILES string of the molecule is C=CCC1COCN1. The standard InChI is InChI=1S/C6H11NO/c1-2-3-6-4-8-5-7-6/h2,6-7H,1,3-5H2.